The van der Waals surface area contributed by atoms with Crippen molar-refractivity contribution < 1.29 is 27.5 Å². The van der Waals surface area contributed by atoms with Crippen molar-refractivity contribution in [1.82, 2.24) is 9.80 Å². The van der Waals surface area contributed by atoms with Gasteiger partial charge in [-0.05, 0) is 111 Å². The number of carbonyl (C=O) groups is 1. The lowest BCUT2D eigenvalue weighted by Crippen LogP contribution is -2.45. The molecule has 1 amide bonds. The van der Waals surface area contributed by atoms with Crippen LogP contribution in [0.25, 0.3) is 6.08 Å². The number of piperidine rings is 2. The van der Waals surface area contributed by atoms with E-state index in [1.165, 1.54) is 23.8 Å². The van der Waals surface area contributed by atoms with Crippen LogP contribution in [0.1, 0.15) is 60.3 Å². The number of hydrogen-bond acceptors (Lipinski definition) is 3. The number of carbonyl (C=O) groups excluding carboxylic acids is 1. The van der Waals surface area contributed by atoms with Crippen LogP contribution in [0.2, 0.25) is 0 Å². The number of nitrogens with zero attached hydrogens (tertiary/aromatic N) is 2. The molecule has 0 spiro atoms. The first-order chi connectivity index (χ1) is 18.3. The molecule has 1 unspecified atom stereocenters. The van der Waals surface area contributed by atoms with Gasteiger partial charge in [-0.3, -0.25) is 9.69 Å². The van der Waals surface area contributed by atoms with E-state index in [4.69, 9.17) is 0 Å². The molecule has 4 rings (SSSR count). The van der Waals surface area contributed by atoms with Gasteiger partial charge in [0.05, 0.1) is 12.2 Å². The third-order valence-electron chi connectivity index (χ3n) is 8.18. The van der Waals surface area contributed by atoms with Crippen molar-refractivity contribution in [1.29, 1.82) is 0 Å². The van der Waals surface area contributed by atoms with Crippen LogP contribution in [0.3, 0.4) is 0 Å². The van der Waals surface area contributed by atoms with Gasteiger partial charge in [-0.1, -0.05) is 6.07 Å². The third kappa shape index (κ3) is 6.83. The fourth-order valence-corrected chi connectivity index (χ4v) is 5.91. The van der Waals surface area contributed by atoms with E-state index in [1.54, 1.807) is 11.0 Å². The van der Waals surface area contributed by atoms with Crippen molar-refractivity contribution in [3.63, 3.8) is 0 Å². The van der Waals surface area contributed by atoms with Gasteiger partial charge in [-0.15, -0.1) is 0 Å². The molecule has 2 fully saturated rings. The zero-order valence-corrected chi connectivity index (χ0v) is 21.8. The van der Waals surface area contributed by atoms with Crippen molar-refractivity contribution in [3.05, 3.63) is 76.1 Å². The molecule has 2 aliphatic heterocycles. The topological polar surface area (TPSA) is 43.8 Å². The van der Waals surface area contributed by atoms with Gasteiger partial charge in [0.1, 0.15) is 24.1 Å². The summed E-state index contributed by atoms with van der Waals surface area (Å²) in [5.41, 5.74) is 1.77. The highest BCUT2D eigenvalue weighted by Gasteiger charge is 2.30. The number of hydrogen-bond donors (Lipinski definition) is 1. The van der Waals surface area contributed by atoms with Gasteiger partial charge in [0.15, 0.2) is 0 Å². The van der Waals surface area contributed by atoms with Crippen molar-refractivity contribution in [3.8, 4) is 0 Å². The normalized spacial score (nSPS) is 18.8. The molecule has 38 heavy (non-hydrogen) atoms. The number of amides is 1. The zero-order chi connectivity index (χ0) is 27.2. The van der Waals surface area contributed by atoms with Gasteiger partial charge in [0, 0.05) is 25.2 Å². The van der Waals surface area contributed by atoms with Gasteiger partial charge in [0.2, 0.25) is 5.91 Å². The van der Waals surface area contributed by atoms with Crippen LogP contribution in [-0.4, -0.2) is 59.6 Å². The fraction of sp³-hybridized carbons (Fsp3) is 0.500. The average Bonchev–Trinajstić information content (AvgIpc) is 2.91. The molecule has 8 heteroatoms. The lowest BCUT2D eigenvalue weighted by molar-refractivity contribution is -0.127. The van der Waals surface area contributed by atoms with E-state index >= 15 is 0 Å². The number of aliphatic hydroxyl groups excluding tert-OH is 1. The SMILES string of the molecule is Cc1cc(F)ccc1C1CCN(C(CO)CC2CCN(C(=O)/C=C/c3cc(F)c(CF)c(F)c3)CC2)CC1. The monoisotopic (exact) mass is 532 g/mol. The second-order valence-electron chi connectivity index (χ2n) is 10.6. The molecule has 2 aromatic rings. The van der Waals surface area contributed by atoms with Gasteiger partial charge in [-0.2, -0.15) is 0 Å². The number of alkyl halides is 1. The third-order valence-corrected chi connectivity index (χ3v) is 8.18. The van der Waals surface area contributed by atoms with Crippen LogP contribution in [-0.2, 0) is 11.5 Å². The Labute approximate surface area is 221 Å². The molecule has 206 valence electrons. The number of rotatable bonds is 8. The summed E-state index contributed by atoms with van der Waals surface area (Å²) in [5, 5.41) is 10.1. The molecule has 2 aliphatic rings. The molecule has 2 aromatic carbocycles. The molecule has 0 aromatic heterocycles. The van der Waals surface area contributed by atoms with Crippen LogP contribution >= 0.6 is 0 Å². The Morgan fingerprint density at radius 1 is 1.03 bits per heavy atom. The highest BCUT2D eigenvalue weighted by atomic mass is 19.1. The molecular weight excluding hydrogens is 496 g/mol. The van der Waals surface area contributed by atoms with E-state index in [1.807, 2.05) is 13.0 Å². The Kier molecular flexibility index (Phi) is 9.60. The van der Waals surface area contributed by atoms with Crippen LogP contribution in [0.4, 0.5) is 17.6 Å². The molecule has 1 atom stereocenters. The first kappa shape index (κ1) is 28.3. The standard InChI is InChI=1S/C30H36F4N2O2/c1-20-14-24(32)3-4-26(20)23-8-12-35(13-9-23)25(19-37)15-21-6-10-36(11-7-21)30(38)5-2-22-16-28(33)27(18-31)29(34)17-22/h2-5,14,16-17,21,23,25,37H,6-13,15,18-19H2,1H3/b5-2+. The van der Waals surface area contributed by atoms with Gasteiger partial charge in [0.25, 0.3) is 0 Å². The summed E-state index contributed by atoms with van der Waals surface area (Å²) in [7, 11) is 0. The van der Waals surface area contributed by atoms with Gasteiger partial charge >= 0.3 is 0 Å². The van der Waals surface area contributed by atoms with Crippen molar-refractivity contribution in [2.45, 2.75) is 57.7 Å². The maximum Gasteiger partial charge on any atom is 0.246 e. The minimum absolute atomic E-state index is 0.0782. The van der Waals surface area contributed by atoms with E-state index in [0.29, 0.717) is 24.9 Å². The Morgan fingerprint density at radius 3 is 2.26 bits per heavy atom. The van der Waals surface area contributed by atoms with E-state index in [-0.39, 0.29) is 29.9 Å². The number of likely N-dealkylation sites (tertiary alicyclic amines) is 2. The quantitative estimate of drug-likeness (QED) is 0.347. The second-order valence-corrected chi connectivity index (χ2v) is 10.6. The highest BCUT2D eigenvalue weighted by Crippen LogP contribution is 2.33. The highest BCUT2D eigenvalue weighted by molar-refractivity contribution is 5.91. The minimum atomic E-state index is -1.22. The Balaban J connectivity index is 1.24. The number of aryl methyl sites for hydroxylation is 1. The first-order valence-corrected chi connectivity index (χ1v) is 13.4. The van der Waals surface area contributed by atoms with Crippen LogP contribution in [0, 0.1) is 30.3 Å². The summed E-state index contributed by atoms with van der Waals surface area (Å²) in [5.74, 6) is -1.56. The fourth-order valence-electron chi connectivity index (χ4n) is 5.91. The minimum Gasteiger partial charge on any atom is -0.395 e. The maximum atomic E-state index is 13.8. The summed E-state index contributed by atoms with van der Waals surface area (Å²) in [6.45, 7) is 3.78. The van der Waals surface area contributed by atoms with Gasteiger partial charge in [-0.25, -0.2) is 17.6 Å². The van der Waals surface area contributed by atoms with Crippen LogP contribution in [0.5, 0.6) is 0 Å². The summed E-state index contributed by atoms with van der Waals surface area (Å²) in [6.07, 6.45) is 7.13. The Hall–Kier alpha value is -2.71. The molecule has 2 heterocycles. The predicted octanol–water partition coefficient (Wildman–Crippen LogP) is 5.76. The van der Waals surface area contributed by atoms with E-state index < -0.39 is 23.9 Å². The van der Waals surface area contributed by atoms with E-state index in [0.717, 1.165) is 62.9 Å². The Morgan fingerprint density at radius 2 is 1.68 bits per heavy atom. The largest absolute Gasteiger partial charge is 0.395 e. The lowest BCUT2D eigenvalue weighted by Gasteiger charge is -2.40. The number of halogens is 4. The summed E-state index contributed by atoms with van der Waals surface area (Å²) >= 11 is 0. The van der Waals surface area contributed by atoms with Gasteiger partial charge < -0.3 is 10.0 Å². The molecule has 1 N–H and O–H groups in total. The smallest absolute Gasteiger partial charge is 0.246 e. The second kappa shape index (κ2) is 12.9. The molecule has 0 bridgehead atoms. The van der Waals surface area contributed by atoms with Crippen molar-refractivity contribution in [2.24, 2.45) is 5.92 Å². The van der Waals surface area contributed by atoms with Crippen molar-refractivity contribution in [2.75, 3.05) is 32.8 Å². The molecular formula is C30H36F4N2O2. The summed E-state index contributed by atoms with van der Waals surface area (Å²) in [4.78, 5) is 16.7. The average molecular weight is 533 g/mol. The molecule has 0 radical (unpaired) electrons. The molecule has 4 nitrogen and oxygen atoms in total. The molecule has 0 aliphatic carbocycles. The molecule has 2 saturated heterocycles. The summed E-state index contributed by atoms with van der Waals surface area (Å²) in [6, 6.07) is 7.14. The van der Waals surface area contributed by atoms with E-state index in [2.05, 4.69) is 4.90 Å². The lowest BCUT2D eigenvalue weighted by atomic mass is 9.85. The van der Waals surface area contributed by atoms with Crippen LogP contribution in [0.15, 0.2) is 36.4 Å². The zero-order valence-electron chi connectivity index (χ0n) is 21.8. The predicted molar refractivity (Wildman–Crippen MR) is 140 cm³/mol. The number of aliphatic hydroxyl groups is 1. The number of benzene rings is 2. The summed E-state index contributed by atoms with van der Waals surface area (Å²) < 4.78 is 53.7. The first-order valence-electron chi connectivity index (χ1n) is 13.4. The molecule has 0 saturated carbocycles. The van der Waals surface area contributed by atoms with E-state index in [9.17, 15) is 27.5 Å². The maximum absolute atomic E-state index is 13.8. The Bertz CT molecular complexity index is 1120. The van der Waals surface area contributed by atoms with Crippen LogP contribution < -0.4 is 0 Å². The van der Waals surface area contributed by atoms with Crippen molar-refractivity contribution >= 4 is 12.0 Å².